The van der Waals surface area contributed by atoms with Gasteiger partial charge in [-0.1, -0.05) is 43.6 Å². The van der Waals surface area contributed by atoms with E-state index in [1.54, 1.807) is 38.3 Å². The van der Waals surface area contributed by atoms with Gasteiger partial charge < -0.3 is 19.7 Å². The molecule has 6 nitrogen and oxygen atoms in total. The van der Waals surface area contributed by atoms with Crippen LogP contribution in [0.1, 0.15) is 26.3 Å². The van der Waals surface area contributed by atoms with Crippen LogP contribution in [0.5, 0.6) is 11.5 Å². The number of hydrogen-bond donors (Lipinski definition) is 1. The predicted octanol–water partition coefficient (Wildman–Crippen LogP) is 3.92. The first-order chi connectivity index (χ1) is 14.3. The Kier molecular flexibility index (Phi) is 8.99. The molecule has 0 radical (unpaired) electrons. The van der Waals surface area contributed by atoms with Crippen LogP contribution in [0.25, 0.3) is 0 Å². The molecule has 2 aromatic carbocycles. The number of halogens is 1. The molecule has 162 valence electrons. The van der Waals surface area contributed by atoms with Gasteiger partial charge in [0.1, 0.15) is 17.5 Å². The highest BCUT2D eigenvalue weighted by atomic mass is 35.5. The van der Waals surface area contributed by atoms with Crippen molar-refractivity contribution in [2.45, 2.75) is 33.4 Å². The Balaban J connectivity index is 2.13. The summed E-state index contributed by atoms with van der Waals surface area (Å²) in [6, 6.07) is 13.6. The third-order valence-electron chi connectivity index (χ3n) is 4.52. The molecular formula is C23H29ClN2O4. The van der Waals surface area contributed by atoms with Crippen molar-refractivity contribution in [2.75, 3.05) is 20.3 Å². The normalized spacial score (nSPS) is 11.7. The minimum absolute atomic E-state index is 0.196. The van der Waals surface area contributed by atoms with E-state index in [-0.39, 0.29) is 25.0 Å². The maximum Gasteiger partial charge on any atom is 0.261 e. The molecule has 0 heterocycles. The van der Waals surface area contributed by atoms with Gasteiger partial charge >= 0.3 is 0 Å². The zero-order valence-electron chi connectivity index (χ0n) is 17.9. The molecule has 0 aromatic heterocycles. The van der Waals surface area contributed by atoms with Crippen LogP contribution in [0.2, 0.25) is 5.02 Å². The van der Waals surface area contributed by atoms with Crippen LogP contribution >= 0.6 is 11.6 Å². The van der Waals surface area contributed by atoms with E-state index in [9.17, 15) is 9.59 Å². The average Bonchev–Trinajstić information content (AvgIpc) is 2.74. The summed E-state index contributed by atoms with van der Waals surface area (Å²) in [4.78, 5) is 27.1. The van der Waals surface area contributed by atoms with E-state index in [1.807, 2.05) is 38.1 Å². The lowest BCUT2D eigenvalue weighted by Crippen LogP contribution is -2.49. The van der Waals surface area contributed by atoms with Gasteiger partial charge in [0.25, 0.3) is 5.91 Å². The summed E-state index contributed by atoms with van der Waals surface area (Å²) >= 11 is 5.97. The summed E-state index contributed by atoms with van der Waals surface area (Å²) in [6.07, 6.45) is 0. The highest BCUT2D eigenvalue weighted by Crippen LogP contribution is 2.18. The fourth-order valence-electron chi connectivity index (χ4n) is 2.75. The molecule has 0 spiro atoms. The van der Waals surface area contributed by atoms with Crippen molar-refractivity contribution in [3.8, 4) is 11.5 Å². The number of nitrogens with one attached hydrogen (secondary N) is 1. The Morgan fingerprint density at radius 3 is 2.37 bits per heavy atom. The second kappa shape index (κ2) is 11.5. The summed E-state index contributed by atoms with van der Waals surface area (Å²) in [5.74, 6) is 1.05. The Hall–Kier alpha value is -2.73. The molecule has 2 aromatic rings. The minimum Gasteiger partial charge on any atom is -0.497 e. The maximum atomic E-state index is 13.0. The number of benzene rings is 2. The summed E-state index contributed by atoms with van der Waals surface area (Å²) in [5, 5.41) is 3.42. The van der Waals surface area contributed by atoms with Gasteiger partial charge in [-0.2, -0.15) is 0 Å². The number of hydrogen-bond acceptors (Lipinski definition) is 4. The molecule has 0 saturated carbocycles. The molecule has 0 fully saturated rings. The highest BCUT2D eigenvalue weighted by molar-refractivity contribution is 6.30. The van der Waals surface area contributed by atoms with Crippen molar-refractivity contribution in [1.82, 2.24) is 10.2 Å². The molecule has 30 heavy (non-hydrogen) atoms. The number of carbonyl (C=O) groups excluding carboxylic acids is 2. The van der Waals surface area contributed by atoms with E-state index < -0.39 is 6.04 Å². The van der Waals surface area contributed by atoms with Crippen LogP contribution in [-0.4, -0.2) is 43.0 Å². The molecule has 0 aliphatic carbocycles. The van der Waals surface area contributed by atoms with Gasteiger partial charge in [-0.15, -0.1) is 0 Å². The second-order valence-corrected chi connectivity index (χ2v) is 7.87. The number of amides is 2. The Labute approximate surface area is 183 Å². The highest BCUT2D eigenvalue weighted by Gasteiger charge is 2.26. The van der Waals surface area contributed by atoms with Gasteiger partial charge in [0.05, 0.1) is 7.11 Å². The molecule has 0 saturated heterocycles. The molecule has 0 bridgehead atoms. The number of rotatable bonds is 10. The van der Waals surface area contributed by atoms with E-state index >= 15 is 0 Å². The average molecular weight is 433 g/mol. The Bertz CT molecular complexity index is 839. The molecular weight excluding hydrogens is 404 g/mol. The third-order valence-corrected chi connectivity index (χ3v) is 4.76. The van der Waals surface area contributed by atoms with Crippen molar-refractivity contribution >= 4 is 23.4 Å². The van der Waals surface area contributed by atoms with Crippen molar-refractivity contribution < 1.29 is 19.1 Å². The van der Waals surface area contributed by atoms with Crippen LogP contribution < -0.4 is 14.8 Å². The van der Waals surface area contributed by atoms with Gasteiger partial charge in [0, 0.05) is 18.1 Å². The first-order valence-corrected chi connectivity index (χ1v) is 10.3. The summed E-state index contributed by atoms with van der Waals surface area (Å²) in [6.45, 7) is 6.38. The smallest absolute Gasteiger partial charge is 0.261 e. The topological polar surface area (TPSA) is 67.9 Å². The monoisotopic (exact) mass is 432 g/mol. The lowest BCUT2D eigenvalue weighted by molar-refractivity contribution is -0.142. The predicted molar refractivity (Wildman–Crippen MR) is 118 cm³/mol. The van der Waals surface area contributed by atoms with Crippen LogP contribution in [0.15, 0.2) is 48.5 Å². The third kappa shape index (κ3) is 7.26. The SMILES string of the molecule is COc1ccc(CN(C(=O)COc2cccc(Cl)c2)[C@@H](C)C(=O)NCC(C)C)cc1. The number of carbonyl (C=O) groups is 2. The van der Waals surface area contributed by atoms with Crippen LogP contribution in [-0.2, 0) is 16.1 Å². The van der Waals surface area contributed by atoms with Crippen LogP contribution in [0.3, 0.4) is 0 Å². The molecule has 0 aliphatic heterocycles. The molecule has 2 amide bonds. The van der Waals surface area contributed by atoms with E-state index in [2.05, 4.69) is 5.32 Å². The number of ether oxygens (including phenoxy) is 2. The first kappa shape index (κ1) is 23.5. The van der Waals surface area contributed by atoms with E-state index in [0.717, 1.165) is 11.3 Å². The fraction of sp³-hybridized carbons (Fsp3) is 0.391. The largest absolute Gasteiger partial charge is 0.497 e. The maximum absolute atomic E-state index is 13.0. The lowest BCUT2D eigenvalue weighted by Gasteiger charge is -2.29. The van der Waals surface area contributed by atoms with Crippen molar-refractivity contribution in [3.63, 3.8) is 0 Å². The van der Waals surface area contributed by atoms with Gasteiger partial charge in [0.2, 0.25) is 5.91 Å². The quantitative estimate of drug-likeness (QED) is 0.618. The van der Waals surface area contributed by atoms with E-state index in [0.29, 0.717) is 23.2 Å². The summed E-state index contributed by atoms with van der Waals surface area (Å²) < 4.78 is 10.8. The van der Waals surface area contributed by atoms with Crippen LogP contribution in [0, 0.1) is 5.92 Å². The summed E-state index contributed by atoms with van der Waals surface area (Å²) in [5.41, 5.74) is 0.885. The Morgan fingerprint density at radius 2 is 1.77 bits per heavy atom. The van der Waals surface area contributed by atoms with Gasteiger partial charge in [-0.25, -0.2) is 0 Å². The zero-order valence-corrected chi connectivity index (χ0v) is 18.6. The van der Waals surface area contributed by atoms with E-state index in [1.165, 1.54) is 4.90 Å². The molecule has 0 unspecified atom stereocenters. The lowest BCUT2D eigenvalue weighted by atomic mass is 10.1. The van der Waals surface area contributed by atoms with Crippen molar-refractivity contribution in [2.24, 2.45) is 5.92 Å². The van der Waals surface area contributed by atoms with Crippen molar-refractivity contribution in [3.05, 3.63) is 59.1 Å². The van der Waals surface area contributed by atoms with Gasteiger partial charge in [0.15, 0.2) is 6.61 Å². The summed E-state index contributed by atoms with van der Waals surface area (Å²) in [7, 11) is 1.60. The molecule has 1 atom stereocenters. The van der Waals surface area contributed by atoms with Crippen molar-refractivity contribution in [1.29, 1.82) is 0 Å². The Morgan fingerprint density at radius 1 is 1.07 bits per heavy atom. The van der Waals surface area contributed by atoms with E-state index in [4.69, 9.17) is 21.1 Å². The molecule has 7 heteroatoms. The number of nitrogens with zero attached hydrogens (tertiary/aromatic N) is 1. The van der Waals surface area contributed by atoms with Gasteiger partial charge in [-0.3, -0.25) is 9.59 Å². The molecule has 1 N–H and O–H groups in total. The fourth-order valence-corrected chi connectivity index (χ4v) is 2.93. The van der Waals surface area contributed by atoms with Crippen LogP contribution in [0.4, 0.5) is 0 Å². The molecule has 2 rings (SSSR count). The zero-order chi connectivity index (χ0) is 22.1. The minimum atomic E-state index is -0.652. The molecule has 0 aliphatic rings. The van der Waals surface area contributed by atoms with Gasteiger partial charge in [-0.05, 0) is 48.7 Å². The standard InChI is InChI=1S/C23H29ClN2O4/c1-16(2)13-25-23(28)17(3)26(14-18-8-10-20(29-4)11-9-18)22(27)15-30-21-7-5-6-19(24)12-21/h5-12,16-17H,13-15H2,1-4H3,(H,25,28)/t17-/m0/s1. The number of methoxy groups -OCH3 is 1. The second-order valence-electron chi connectivity index (χ2n) is 7.43. The first-order valence-electron chi connectivity index (χ1n) is 9.88.